The van der Waals surface area contributed by atoms with Gasteiger partial charge in [0.15, 0.2) is 0 Å². The normalized spacial score (nSPS) is 12.4. The van der Waals surface area contributed by atoms with E-state index < -0.39 is 0 Å². The highest BCUT2D eigenvalue weighted by Crippen LogP contribution is 2.26. The smallest absolute Gasteiger partial charge is 0.0898 e. The quantitative estimate of drug-likeness (QED) is 0.909. The average Bonchev–Trinajstić information content (AvgIpc) is 2.68. The Morgan fingerprint density at radius 1 is 1.38 bits per heavy atom. The van der Waals surface area contributed by atoms with Crippen molar-refractivity contribution in [2.75, 3.05) is 5.32 Å². The van der Waals surface area contributed by atoms with Crippen molar-refractivity contribution in [2.45, 2.75) is 19.9 Å². The Kier molecular flexibility index (Phi) is 3.61. The zero-order valence-corrected chi connectivity index (χ0v) is 11.6. The minimum Gasteiger partial charge on any atom is -0.376 e. The lowest BCUT2D eigenvalue weighted by Crippen LogP contribution is -2.07. The molecule has 0 amide bonds. The molecule has 0 bridgehead atoms. The van der Waals surface area contributed by atoms with Gasteiger partial charge in [-0.3, -0.25) is 0 Å². The molecule has 84 valence electrons. The van der Waals surface area contributed by atoms with Crippen LogP contribution in [0.4, 0.5) is 5.69 Å². The first-order valence-corrected chi connectivity index (χ1v) is 6.77. The van der Waals surface area contributed by atoms with Gasteiger partial charge in [0.1, 0.15) is 0 Å². The van der Waals surface area contributed by atoms with Crippen LogP contribution >= 0.6 is 27.3 Å². The molecule has 1 aromatic heterocycles. The minimum absolute atomic E-state index is 0.226. The molecule has 2 aromatic rings. The van der Waals surface area contributed by atoms with Crippen LogP contribution in [0, 0.1) is 6.92 Å². The number of anilines is 1. The number of nitrogens with one attached hydrogen (secondary N) is 1. The highest BCUT2D eigenvalue weighted by atomic mass is 79.9. The Balaban J connectivity index is 2.13. The lowest BCUT2D eigenvalue weighted by molar-refractivity contribution is 0.844. The van der Waals surface area contributed by atoms with Crippen LogP contribution in [0.3, 0.4) is 0 Å². The van der Waals surface area contributed by atoms with E-state index in [-0.39, 0.29) is 6.04 Å². The van der Waals surface area contributed by atoms with E-state index >= 15 is 0 Å². The van der Waals surface area contributed by atoms with Gasteiger partial charge in [0.2, 0.25) is 0 Å². The van der Waals surface area contributed by atoms with Crippen LogP contribution in [0.25, 0.3) is 0 Å². The molecule has 0 radical (unpaired) electrons. The Bertz CT molecular complexity index is 481. The second kappa shape index (κ2) is 4.97. The van der Waals surface area contributed by atoms with E-state index in [1.807, 2.05) is 25.1 Å². The first-order chi connectivity index (χ1) is 7.66. The molecule has 4 heteroatoms. The van der Waals surface area contributed by atoms with Gasteiger partial charge in [-0.1, -0.05) is 12.1 Å². The lowest BCUT2D eigenvalue weighted by atomic mass is 10.2. The van der Waals surface area contributed by atoms with Crippen molar-refractivity contribution in [1.29, 1.82) is 0 Å². The number of thiazole rings is 1. The van der Waals surface area contributed by atoms with Crippen LogP contribution in [-0.2, 0) is 0 Å². The highest BCUT2D eigenvalue weighted by molar-refractivity contribution is 9.10. The number of para-hydroxylation sites is 1. The predicted molar refractivity (Wildman–Crippen MR) is 73.0 cm³/mol. The number of benzene rings is 1. The SMILES string of the molecule is Cc1nc(C(C)Nc2ccccc2Br)cs1. The molecule has 16 heavy (non-hydrogen) atoms. The van der Waals surface area contributed by atoms with Crippen LogP contribution in [0.5, 0.6) is 0 Å². The van der Waals surface area contributed by atoms with Gasteiger partial charge in [-0.15, -0.1) is 11.3 Å². The van der Waals surface area contributed by atoms with Crippen LogP contribution in [0.15, 0.2) is 34.1 Å². The van der Waals surface area contributed by atoms with E-state index in [2.05, 4.69) is 44.6 Å². The molecular weight excluding hydrogens is 284 g/mol. The van der Waals surface area contributed by atoms with E-state index in [1.54, 1.807) is 11.3 Å². The Morgan fingerprint density at radius 3 is 2.75 bits per heavy atom. The summed E-state index contributed by atoms with van der Waals surface area (Å²) >= 11 is 5.21. The number of hydrogen-bond donors (Lipinski definition) is 1. The summed E-state index contributed by atoms with van der Waals surface area (Å²) < 4.78 is 1.08. The average molecular weight is 297 g/mol. The van der Waals surface area contributed by atoms with Gasteiger partial charge in [-0.25, -0.2) is 4.98 Å². The second-order valence-corrected chi connectivity index (χ2v) is 5.55. The number of rotatable bonds is 3. The van der Waals surface area contributed by atoms with Crippen LogP contribution in [0.1, 0.15) is 23.7 Å². The van der Waals surface area contributed by atoms with Gasteiger partial charge < -0.3 is 5.32 Å². The van der Waals surface area contributed by atoms with Gasteiger partial charge in [-0.2, -0.15) is 0 Å². The molecule has 1 unspecified atom stereocenters. The summed E-state index contributed by atoms with van der Waals surface area (Å²) in [4.78, 5) is 4.48. The molecule has 1 atom stereocenters. The first-order valence-electron chi connectivity index (χ1n) is 5.10. The standard InChI is InChI=1S/C12H13BrN2S/c1-8(12-7-16-9(2)15-12)14-11-6-4-3-5-10(11)13/h3-8,14H,1-2H3. The summed E-state index contributed by atoms with van der Waals surface area (Å²) in [6.07, 6.45) is 0. The largest absolute Gasteiger partial charge is 0.376 e. The molecule has 2 rings (SSSR count). The zero-order chi connectivity index (χ0) is 11.5. The molecule has 0 aliphatic rings. The fourth-order valence-electron chi connectivity index (χ4n) is 1.46. The van der Waals surface area contributed by atoms with Crippen LogP contribution < -0.4 is 5.32 Å². The summed E-state index contributed by atoms with van der Waals surface area (Å²) in [5, 5.41) is 6.65. The molecule has 0 fully saturated rings. The summed E-state index contributed by atoms with van der Waals surface area (Å²) in [6.45, 7) is 4.15. The monoisotopic (exact) mass is 296 g/mol. The van der Waals surface area contributed by atoms with Gasteiger partial charge in [0.05, 0.1) is 16.7 Å². The van der Waals surface area contributed by atoms with Crippen molar-refractivity contribution >= 4 is 33.0 Å². The van der Waals surface area contributed by atoms with E-state index in [9.17, 15) is 0 Å². The van der Waals surface area contributed by atoms with E-state index in [0.717, 1.165) is 20.9 Å². The molecule has 0 spiro atoms. The fourth-order valence-corrected chi connectivity index (χ4v) is 2.57. The van der Waals surface area contributed by atoms with E-state index in [1.165, 1.54) is 0 Å². The van der Waals surface area contributed by atoms with Crippen LogP contribution in [-0.4, -0.2) is 4.98 Å². The van der Waals surface area contributed by atoms with Gasteiger partial charge in [0.25, 0.3) is 0 Å². The zero-order valence-electron chi connectivity index (χ0n) is 9.20. The summed E-state index contributed by atoms with van der Waals surface area (Å²) in [7, 11) is 0. The van der Waals surface area contributed by atoms with Gasteiger partial charge in [-0.05, 0) is 41.9 Å². The van der Waals surface area contributed by atoms with E-state index in [4.69, 9.17) is 0 Å². The number of aryl methyl sites for hydroxylation is 1. The highest BCUT2D eigenvalue weighted by Gasteiger charge is 2.09. The molecule has 2 nitrogen and oxygen atoms in total. The fraction of sp³-hybridized carbons (Fsp3) is 0.250. The molecular formula is C12H13BrN2S. The summed E-state index contributed by atoms with van der Waals surface area (Å²) in [5.41, 5.74) is 2.19. The minimum atomic E-state index is 0.226. The molecule has 0 aliphatic heterocycles. The maximum atomic E-state index is 4.48. The predicted octanol–water partition coefficient (Wildman–Crippen LogP) is 4.39. The Hall–Kier alpha value is -0.870. The van der Waals surface area contributed by atoms with Crippen molar-refractivity contribution in [3.05, 3.63) is 44.8 Å². The second-order valence-electron chi connectivity index (χ2n) is 3.64. The lowest BCUT2D eigenvalue weighted by Gasteiger charge is -2.14. The summed E-state index contributed by atoms with van der Waals surface area (Å²) in [5.74, 6) is 0. The third-order valence-corrected chi connectivity index (χ3v) is 3.81. The Labute approximate surface area is 108 Å². The molecule has 1 N–H and O–H groups in total. The molecule has 1 aromatic carbocycles. The van der Waals surface area contributed by atoms with Gasteiger partial charge >= 0.3 is 0 Å². The summed E-state index contributed by atoms with van der Waals surface area (Å²) in [6, 6.07) is 8.34. The van der Waals surface area contributed by atoms with Gasteiger partial charge in [0, 0.05) is 15.5 Å². The number of hydrogen-bond acceptors (Lipinski definition) is 3. The topological polar surface area (TPSA) is 24.9 Å². The maximum Gasteiger partial charge on any atom is 0.0898 e. The molecule has 0 saturated carbocycles. The third kappa shape index (κ3) is 2.62. The third-order valence-electron chi connectivity index (χ3n) is 2.33. The Morgan fingerprint density at radius 2 is 2.12 bits per heavy atom. The van der Waals surface area contributed by atoms with Crippen molar-refractivity contribution < 1.29 is 0 Å². The van der Waals surface area contributed by atoms with Crippen molar-refractivity contribution in [1.82, 2.24) is 4.98 Å². The van der Waals surface area contributed by atoms with Crippen molar-refractivity contribution in [2.24, 2.45) is 0 Å². The molecule has 0 aliphatic carbocycles. The van der Waals surface area contributed by atoms with Crippen molar-refractivity contribution in [3.63, 3.8) is 0 Å². The maximum absolute atomic E-state index is 4.48. The van der Waals surface area contributed by atoms with Crippen molar-refractivity contribution in [3.8, 4) is 0 Å². The van der Waals surface area contributed by atoms with E-state index in [0.29, 0.717) is 0 Å². The number of aromatic nitrogens is 1. The molecule has 1 heterocycles. The number of halogens is 1. The first kappa shape index (κ1) is 11.6. The number of nitrogens with zero attached hydrogens (tertiary/aromatic N) is 1. The van der Waals surface area contributed by atoms with Crippen LogP contribution in [0.2, 0.25) is 0 Å². The molecule has 0 saturated heterocycles.